The fourth-order valence-corrected chi connectivity index (χ4v) is 5.60. The summed E-state index contributed by atoms with van der Waals surface area (Å²) >= 11 is 0. The number of nitrogens with one attached hydrogen (secondary N) is 2. The van der Waals surface area contributed by atoms with Gasteiger partial charge in [-0.05, 0) is 75.6 Å². The quantitative estimate of drug-likeness (QED) is 0.118. The molecule has 45 heavy (non-hydrogen) atoms. The van der Waals surface area contributed by atoms with Crippen LogP contribution in [-0.2, 0) is 26.6 Å². The number of benzene rings is 2. The van der Waals surface area contributed by atoms with Crippen molar-refractivity contribution in [3.05, 3.63) is 67.8 Å². The molecular formula is C28H30F6N4O7. The molecule has 2 aliphatic carbocycles. The number of hydrogen-bond acceptors (Lipinski definition) is 9. The van der Waals surface area contributed by atoms with E-state index >= 15 is 0 Å². The average Bonchev–Trinajstić information content (AvgIpc) is 2.96. The van der Waals surface area contributed by atoms with E-state index in [1.54, 1.807) is 0 Å². The third-order valence-corrected chi connectivity index (χ3v) is 7.82. The van der Waals surface area contributed by atoms with Crippen LogP contribution in [0.4, 0.5) is 49.1 Å². The van der Waals surface area contributed by atoms with E-state index in [9.17, 15) is 51.4 Å². The molecule has 2 aromatic rings. The van der Waals surface area contributed by atoms with Gasteiger partial charge in [-0.2, -0.15) is 26.3 Å². The maximum atomic E-state index is 13.3. The number of hydrogen-bond donors (Lipinski definition) is 2. The van der Waals surface area contributed by atoms with Gasteiger partial charge in [0.25, 0.3) is 11.4 Å². The van der Waals surface area contributed by atoms with Gasteiger partial charge in [0.05, 0.1) is 16.0 Å². The number of nitrogens with zero attached hydrogens (tertiary/aromatic N) is 2. The summed E-state index contributed by atoms with van der Waals surface area (Å²) in [6.45, 7) is -0.290. The molecule has 246 valence electrons. The minimum Gasteiger partial charge on any atom is -0.461 e. The fraction of sp³-hybridized carbons (Fsp3) is 0.536. The van der Waals surface area contributed by atoms with Crippen LogP contribution in [0.3, 0.4) is 0 Å². The second kappa shape index (κ2) is 13.9. The molecule has 0 aliphatic heterocycles. The highest BCUT2D eigenvalue weighted by molar-refractivity contribution is 5.71. The lowest BCUT2D eigenvalue weighted by molar-refractivity contribution is -0.388. The van der Waals surface area contributed by atoms with E-state index in [0.717, 1.165) is 18.2 Å². The van der Waals surface area contributed by atoms with Gasteiger partial charge in [0.15, 0.2) is 0 Å². The van der Waals surface area contributed by atoms with Gasteiger partial charge in [-0.3, -0.25) is 20.2 Å². The molecule has 2 aliphatic rings. The Morgan fingerprint density at radius 2 is 1.11 bits per heavy atom. The minimum atomic E-state index is -4.89. The van der Waals surface area contributed by atoms with E-state index in [1.807, 2.05) is 0 Å². The first-order chi connectivity index (χ1) is 21.1. The predicted octanol–water partition coefficient (Wildman–Crippen LogP) is 7.25. The number of anilines is 2. The smallest absolute Gasteiger partial charge is 0.423 e. The monoisotopic (exact) mass is 648 g/mol. The van der Waals surface area contributed by atoms with Crippen LogP contribution in [0.15, 0.2) is 36.4 Å². The number of ether oxygens (including phenoxy) is 2. The Morgan fingerprint density at radius 1 is 0.711 bits per heavy atom. The van der Waals surface area contributed by atoms with Crippen molar-refractivity contribution >= 4 is 28.7 Å². The molecule has 11 nitrogen and oxygen atoms in total. The summed E-state index contributed by atoms with van der Waals surface area (Å²) in [7, 11) is 0. The zero-order chi connectivity index (χ0) is 32.9. The molecule has 0 radical (unpaired) electrons. The van der Waals surface area contributed by atoms with Gasteiger partial charge in [-0.15, -0.1) is 0 Å². The van der Waals surface area contributed by atoms with Gasteiger partial charge in [-0.1, -0.05) is 0 Å². The summed E-state index contributed by atoms with van der Waals surface area (Å²) in [5.74, 6) is -0.567. The van der Waals surface area contributed by atoms with Crippen LogP contribution in [0.2, 0.25) is 0 Å². The summed E-state index contributed by atoms with van der Waals surface area (Å²) in [5, 5.41) is 27.9. The standard InChI is InChI=1S/C28H30F6N4O7/c29-27(30,31)22-13-18(5-11-24(22)37(40)41)35-16-1-7-20(8-2-16)44-15-26(39)45-21-9-3-17(4-10-21)36-19-6-12-25(38(42)43)23(14-19)28(32,33)34/h5-6,11-14,16-17,20-21,35-36H,1-4,7-10,15H2. The van der Waals surface area contributed by atoms with E-state index in [1.165, 1.54) is 12.1 Å². The lowest BCUT2D eigenvalue weighted by atomic mass is 9.92. The zero-order valence-electron chi connectivity index (χ0n) is 23.7. The third-order valence-electron chi connectivity index (χ3n) is 7.82. The third kappa shape index (κ3) is 9.18. The Morgan fingerprint density at radius 3 is 1.49 bits per heavy atom. The van der Waals surface area contributed by atoms with Crippen molar-refractivity contribution in [1.82, 2.24) is 0 Å². The van der Waals surface area contributed by atoms with Gasteiger partial charge in [0.2, 0.25) is 0 Å². The van der Waals surface area contributed by atoms with Crippen molar-refractivity contribution in [3.63, 3.8) is 0 Å². The highest BCUT2D eigenvalue weighted by Crippen LogP contribution is 2.39. The molecule has 17 heteroatoms. The molecule has 0 heterocycles. The minimum absolute atomic E-state index is 0.102. The van der Waals surface area contributed by atoms with Crippen LogP contribution in [-0.4, -0.2) is 46.7 Å². The SMILES string of the molecule is O=C(COC1CCC(Nc2ccc([N+](=O)[O-])c(C(F)(F)F)c2)CC1)OC1CCC(Nc2ccc([N+](=O)[O-])c(C(F)(F)F)c2)CC1. The second-order valence-electron chi connectivity index (χ2n) is 11.0. The highest BCUT2D eigenvalue weighted by atomic mass is 19.4. The number of alkyl halides is 6. The molecule has 0 spiro atoms. The summed E-state index contributed by atoms with van der Waals surface area (Å²) in [5.41, 5.74) is -4.50. The van der Waals surface area contributed by atoms with Crippen LogP contribution in [0.5, 0.6) is 0 Å². The number of carbonyl (C=O) groups is 1. The molecule has 2 saturated carbocycles. The normalized spacial score (nSPS) is 22.4. The topological polar surface area (TPSA) is 146 Å². The fourth-order valence-electron chi connectivity index (χ4n) is 5.60. The molecule has 0 unspecified atom stereocenters. The molecule has 0 saturated heterocycles. The number of esters is 1. The average molecular weight is 649 g/mol. The van der Waals surface area contributed by atoms with Crippen molar-refractivity contribution in [1.29, 1.82) is 0 Å². The maximum Gasteiger partial charge on any atom is 0.423 e. The van der Waals surface area contributed by atoms with Gasteiger partial charge in [0, 0.05) is 35.6 Å². The van der Waals surface area contributed by atoms with E-state index < -0.39 is 56.8 Å². The van der Waals surface area contributed by atoms with E-state index in [4.69, 9.17) is 9.47 Å². The lowest BCUT2D eigenvalue weighted by Crippen LogP contribution is -2.33. The van der Waals surface area contributed by atoms with Crippen molar-refractivity contribution in [3.8, 4) is 0 Å². The Labute approximate surface area is 252 Å². The molecule has 0 atom stereocenters. The van der Waals surface area contributed by atoms with Gasteiger partial charge in [0.1, 0.15) is 23.8 Å². The van der Waals surface area contributed by atoms with E-state index in [0.29, 0.717) is 57.4 Å². The van der Waals surface area contributed by atoms with Gasteiger partial charge >= 0.3 is 18.3 Å². The van der Waals surface area contributed by atoms with Crippen LogP contribution >= 0.6 is 0 Å². The van der Waals surface area contributed by atoms with Crippen molar-refractivity contribution < 1.29 is 50.5 Å². The van der Waals surface area contributed by atoms with Crippen LogP contribution in [0.1, 0.15) is 62.5 Å². The Balaban J connectivity index is 1.17. The second-order valence-corrected chi connectivity index (χ2v) is 11.0. The van der Waals surface area contributed by atoms with Crippen LogP contribution in [0, 0.1) is 20.2 Å². The molecule has 4 rings (SSSR count). The first kappa shape index (κ1) is 33.7. The van der Waals surface area contributed by atoms with E-state index in [2.05, 4.69) is 10.6 Å². The molecule has 0 amide bonds. The first-order valence-corrected chi connectivity index (χ1v) is 14.2. The number of carbonyl (C=O) groups excluding carboxylic acids is 1. The largest absolute Gasteiger partial charge is 0.461 e. The number of nitro benzene ring substituents is 2. The summed E-state index contributed by atoms with van der Waals surface area (Å²) in [6, 6.07) is 5.12. The molecular weight excluding hydrogens is 618 g/mol. The van der Waals surface area contributed by atoms with Gasteiger partial charge < -0.3 is 20.1 Å². The van der Waals surface area contributed by atoms with Crippen molar-refractivity contribution in [2.24, 2.45) is 0 Å². The number of rotatable bonds is 10. The molecule has 2 N–H and O–H groups in total. The number of nitro groups is 2. The summed E-state index contributed by atoms with van der Waals surface area (Å²) < 4.78 is 90.7. The van der Waals surface area contributed by atoms with Crippen LogP contribution < -0.4 is 10.6 Å². The number of halogens is 6. The zero-order valence-corrected chi connectivity index (χ0v) is 23.7. The summed E-state index contributed by atoms with van der Waals surface area (Å²) in [6.07, 6.45) is -6.40. The summed E-state index contributed by atoms with van der Waals surface area (Å²) in [4.78, 5) is 32.1. The molecule has 0 aromatic heterocycles. The van der Waals surface area contributed by atoms with E-state index in [-0.39, 0.29) is 36.2 Å². The Hall–Kier alpha value is -4.15. The first-order valence-electron chi connectivity index (χ1n) is 14.2. The molecule has 0 bridgehead atoms. The predicted molar refractivity (Wildman–Crippen MR) is 148 cm³/mol. The Kier molecular flexibility index (Phi) is 10.4. The molecule has 2 aromatic carbocycles. The highest BCUT2D eigenvalue weighted by Gasteiger charge is 2.40. The van der Waals surface area contributed by atoms with Crippen molar-refractivity contribution in [2.45, 2.75) is 88.0 Å². The van der Waals surface area contributed by atoms with Crippen LogP contribution in [0.25, 0.3) is 0 Å². The Bertz CT molecular complexity index is 1390. The maximum absolute atomic E-state index is 13.3. The van der Waals surface area contributed by atoms with Crippen molar-refractivity contribution in [2.75, 3.05) is 17.2 Å². The van der Waals surface area contributed by atoms with Gasteiger partial charge in [-0.25, -0.2) is 4.79 Å². The lowest BCUT2D eigenvalue weighted by Gasteiger charge is -2.31. The molecule has 2 fully saturated rings.